The molecule has 0 radical (unpaired) electrons. The molecular weight excluding hydrogens is 490 g/mol. The second-order valence-corrected chi connectivity index (χ2v) is 10.6. The van der Waals surface area contributed by atoms with Crippen molar-refractivity contribution < 1.29 is 17.9 Å². The molecule has 4 aromatic rings. The standard InChI is InChI=1S/C27H31N5O4S/c1-6-23-30-25-17(3)24(18(4)29-26(25)31-23)20-10-9-19(22(15-20)36-5)13-14-28-27(33)32-37(34,35)21-11-7-16(2)8-12-21/h7-12,15H,6,13-14H2,1-5H3,(H2,28,32,33)(H,29,30,31). The number of hydrogen-bond acceptors (Lipinski definition) is 6. The van der Waals surface area contributed by atoms with Crippen molar-refractivity contribution in [3.63, 3.8) is 0 Å². The number of H-pyrrole nitrogens is 1. The number of amides is 2. The number of pyridine rings is 1. The van der Waals surface area contributed by atoms with E-state index in [1.165, 1.54) is 12.1 Å². The highest BCUT2D eigenvalue weighted by molar-refractivity contribution is 7.90. The van der Waals surface area contributed by atoms with Crippen molar-refractivity contribution in [3.8, 4) is 16.9 Å². The predicted molar refractivity (Wildman–Crippen MR) is 143 cm³/mol. The highest BCUT2D eigenvalue weighted by Crippen LogP contribution is 2.34. The minimum absolute atomic E-state index is 0.0322. The zero-order valence-corrected chi connectivity index (χ0v) is 22.4. The van der Waals surface area contributed by atoms with Crippen molar-refractivity contribution in [3.05, 3.63) is 70.7 Å². The van der Waals surface area contributed by atoms with Gasteiger partial charge in [0.15, 0.2) is 5.65 Å². The second kappa shape index (κ2) is 10.6. The number of sulfonamides is 1. The molecule has 0 saturated carbocycles. The Labute approximate surface area is 216 Å². The molecule has 0 aliphatic heterocycles. The van der Waals surface area contributed by atoms with Crippen LogP contribution in [0.15, 0.2) is 47.4 Å². The van der Waals surface area contributed by atoms with E-state index in [0.29, 0.717) is 17.8 Å². The minimum Gasteiger partial charge on any atom is -0.496 e. The lowest BCUT2D eigenvalue weighted by atomic mass is 9.96. The molecule has 2 aromatic carbocycles. The lowest BCUT2D eigenvalue weighted by molar-refractivity contribution is 0.246. The van der Waals surface area contributed by atoms with E-state index in [-0.39, 0.29) is 11.4 Å². The highest BCUT2D eigenvalue weighted by Gasteiger charge is 2.18. The van der Waals surface area contributed by atoms with Gasteiger partial charge in [0.2, 0.25) is 0 Å². The number of rotatable bonds is 8. The number of hydrogen-bond donors (Lipinski definition) is 3. The number of benzene rings is 2. The van der Waals surface area contributed by atoms with Crippen LogP contribution in [0.5, 0.6) is 5.75 Å². The van der Waals surface area contributed by atoms with Gasteiger partial charge in [-0.05, 0) is 62.1 Å². The summed E-state index contributed by atoms with van der Waals surface area (Å²) in [6.45, 7) is 8.15. The van der Waals surface area contributed by atoms with Crippen LogP contribution in [0.2, 0.25) is 0 Å². The van der Waals surface area contributed by atoms with Gasteiger partial charge in [-0.2, -0.15) is 0 Å². The molecule has 10 heteroatoms. The van der Waals surface area contributed by atoms with E-state index in [2.05, 4.69) is 22.2 Å². The van der Waals surface area contributed by atoms with Crippen LogP contribution >= 0.6 is 0 Å². The average molecular weight is 522 g/mol. The average Bonchev–Trinajstić information content (AvgIpc) is 3.28. The summed E-state index contributed by atoms with van der Waals surface area (Å²) in [6.07, 6.45) is 1.26. The largest absolute Gasteiger partial charge is 0.496 e. The van der Waals surface area contributed by atoms with Gasteiger partial charge in [-0.3, -0.25) is 0 Å². The van der Waals surface area contributed by atoms with Gasteiger partial charge in [0, 0.05) is 24.2 Å². The third-order valence-electron chi connectivity index (χ3n) is 6.27. The second-order valence-electron chi connectivity index (χ2n) is 8.88. The van der Waals surface area contributed by atoms with Gasteiger partial charge < -0.3 is 15.0 Å². The Hall–Kier alpha value is -3.92. The first-order chi connectivity index (χ1) is 17.6. The van der Waals surface area contributed by atoms with E-state index < -0.39 is 16.1 Å². The van der Waals surface area contributed by atoms with Crippen LogP contribution in [-0.2, 0) is 22.9 Å². The fraction of sp³-hybridized carbons (Fsp3) is 0.296. The number of imidazole rings is 1. The Morgan fingerprint density at radius 1 is 1.05 bits per heavy atom. The number of ether oxygens (including phenoxy) is 1. The zero-order valence-electron chi connectivity index (χ0n) is 21.6. The molecule has 0 aliphatic carbocycles. The fourth-order valence-electron chi connectivity index (χ4n) is 4.31. The molecule has 0 bridgehead atoms. The maximum atomic E-state index is 12.4. The summed E-state index contributed by atoms with van der Waals surface area (Å²) in [4.78, 5) is 24.9. The summed E-state index contributed by atoms with van der Waals surface area (Å²) in [5.41, 5.74) is 7.38. The van der Waals surface area contributed by atoms with Gasteiger partial charge in [-0.25, -0.2) is 27.9 Å². The highest BCUT2D eigenvalue weighted by atomic mass is 32.2. The van der Waals surface area contributed by atoms with E-state index in [4.69, 9.17) is 9.72 Å². The Morgan fingerprint density at radius 2 is 1.78 bits per heavy atom. The quantitative estimate of drug-likeness (QED) is 0.316. The third-order valence-corrected chi connectivity index (χ3v) is 7.61. The van der Waals surface area contributed by atoms with Crippen LogP contribution in [-0.4, -0.2) is 43.1 Å². The lowest BCUT2D eigenvalue weighted by Gasteiger charge is -2.15. The number of nitrogens with zero attached hydrogens (tertiary/aromatic N) is 2. The number of fused-ring (bicyclic) bond motifs is 1. The molecule has 3 N–H and O–H groups in total. The van der Waals surface area contributed by atoms with Crippen LogP contribution in [0, 0.1) is 20.8 Å². The summed E-state index contributed by atoms with van der Waals surface area (Å²) in [7, 11) is -2.35. The SMILES string of the molecule is CCc1nc2nc(C)c(-c3ccc(CCNC(=O)NS(=O)(=O)c4ccc(C)cc4)c(OC)c3)c(C)c2[nH]1. The van der Waals surface area contributed by atoms with Gasteiger partial charge in [-0.15, -0.1) is 0 Å². The molecule has 0 atom stereocenters. The minimum atomic E-state index is -3.94. The lowest BCUT2D eigenvalue weighted by Crippen LogP contribution is -2.40. The van der Waals surface area contributed by atoms with E-state index in [0.717, 1.165) is 51.3 Å². The normalized spacial score (nSPS) is 11.5. The number of aromatic nitrogens is 3. The number of nitrogens with one attached hydrogen (secondary N) is 3. The smallest absolute Gasteiger partial charge is 0.328 e. The molecule has 0 fully saturated rings. The van der Waals surface area contributed by atoms with Crippen LogP contribution in [0.4, 0.5) is 4.79 Å². The molecule has 0 saturated heterocycles. The Bertz CT molecular complexity index is 1560. The number of carbonyl (C=O) groups is 1. The van der Waals surface area contributed by atoms with Gasteiger partial charge in [0.05, 0.1) is 17.5 Å². The molecule has 2 aromatic heterocycles. The maximum absolute atomic E-state index is 12.4. The summed E-state index contributed by atoms with van der Waals surface area (Å²) < 4.78 is 32.5. The van der Waals surface area contributed by atoms with Crippen molar-refractivity contribution in [2.75, 3.05) is 13.7 Å². The summed E-state index contributed by atoms with van der Waals surface area (Å²) >= 11 is 0. The Balaban J connectivity index is 1.46. The molecule has 9 nitrogen and oxygen atoms in total. The molecule has 2 heterocycles. The van der Waals surface area contributed by atoms with Crippen molar-refractivity contribution >= 4 is 27.2 Å². The first-order valence-corrected chi connectivity index (χ1v) is 13.5. The molecule has 0 spiro atoms. The van der Waals surface area contributed by atoms with Crippen LogP contribution in [0.25, 0.3) is 22.3 Å². The van der Waals surface area contributed by atoms with E-state index in [1.54, 1.807) is 19.2 Å². The van der Waals surface area contributed by atoms with Crippen molar-refractivity contribution in [1.82, 2.24) is 25.0 Å². The number of methoxy groups -OCH3 is 1. The van der Waals surface area contributed by atoms with Crippen LogP contribution in [0.1, 0.15) is 35.1 Å². The molecule has 2 amide bonds. The Kier molecular flexibility index (Phi) is 7.49. The molecule has 4 rings (SSSR count). The molecule has 37 heavy (non-hydrogen) atoms. The first kappa shape index (κ1) is 26.2. The molecule has 0 unspecified atom stereocenters. The summed E-state index contributed by atoms with van der Waals surface area (Å²) in [5.74, 6) is 1.57. The van der Waals surface area contributed by atoms with Crippen LogP contribution < -0.4 is 14.8 Å². The molecular formula is C27H31N5O4S. The van der Waals surface area contributed by atoms with Crippen molar-refractivity contribution in [2.24, 2.45) is 0 Å². The summed E-state index contributed by atoms with van der Waals surface area (Å²) in [6, 6.07) is 11.4. The fourth-order valence-corrected chi connectivity index (χ4v) is 5.24. The summed E-state index contributed by atoms with van der Waals surface area (Å²) in [5, 5.41) is 2.61. The third kappa shape index (κ3) is 5.59. The van der Waals surface area contributed by atoms with Crippen LogP contribution in [0.3, 0.4) is 0 Å². The van der Waals surface area contributed by atoms with Gasteiger partial charge in [0.1, 0.15) is 11.6 Å². The molecule has 0 aliphatic rings. The number of aromatic amines is 1. The predicted octanol–water partition coefficient (Wildman–Crippen LogP) is 4.35. The Morgan fingerprint density at radius 3 is 2.46 bits per heavy atom. The number of aryl methyl sites for hydroxylation is 4. The van der Waals surface area contributed by atoms with E-state index >= 15 is 0 Å². The monoisotopic (exact) mass is 521 g/mol. The van der Waals surface area contributed by atoms with Gasteiger partial charge in [0.25, 0.3) is 10.0 Å². The van der Waals surface area contributed by atoms with E-state index in [1.807, 2.05) is 43.7 Å². The molecule has 194 valence electrons. The maximum Gasteiger partial charge on any atom is 0.328 e. The van der Waals surface area contributed by atoms with Crippen molar-refractivity contribution in [1.29, 1.82) is 0 Å². The topological polar surface area (TPSA) is 126 Å². The van der Waals surface area contributed by atoms with Gasteiger partial charge >= 0.3 is 6.03 Å². The van der Waals surface area contributed by atoms with Gasteiger partial charge in [-0.1, -0.05) is 36.8 Å². The van der Waals surface area contributed by atoms with Crippen molar-refractivity contribution in [2.45, 2.75) is 45.4 Å². The first-order valence-electron chi connectivity index (χ1n) is 12.0. The number of urea groups is 1. The number of carbonyl (C=O) groups excluding carboxylic acids is 1. The zero-order chi connectivity index (χ0) is 26.7. The van der Waals surface area contributed by atoms with E-state index in [9.17, 15) is 13.2 Å².